The van der Waals surface area contributed by atoms with Gasteiger partial charge in [-0.05, 0) is 38.3 Å². The number of halogens is 1. The number of rotatable bonds is 7. The summed E-state index contributed by atoms with van der Waals surface area (Å²) in [7, 11) is -1.45. The van der Waals surface area contributed by atoms with Gasteiger partial charge in [0.1, 0.15) is 0 Å². The van der Waals surface area contributed by atoms with Crippen molar-refractivity contribution in [2.75, 3.05) is 39.0 Å². The Morgan fingerprint density at radius 1 is 1.27 bits per heavy atom. The first-order valence-electron chi connectivity index (χ1n) is 8.92. The molecule has 1 aromatic carbocycles. The summed E-state index contributed by atoms with van der Waals surface area (Å²) >= 11 is 0. The zero-order valence-corrected chi connectivity index (χ0v) is 18.7. The summed E-state index contributed by atoms with van der Waals surface area (Å²) in [6, 6.07) is 8.60. The average Bonchev–Trinajstić information content (AvgIpc) is 2.64. The summed E-state index contributed by atoms with van der Waals surface area (Å²) in [6.45, 7) is 5.19. The summed E-state index contributed by atoms with van der Waals surface area (Å²) < 4.78 is 30.2. The van der Waals surface area contributed by atoms with Crippen LogP contribution in [0.5, 0.6) is 0 Å². The van der Waals surface area contributed by atoms with E-state index < -0.39 is 9.84 Å². The van der Waals surface area contributed by atoms with Gasteiger partial charge in [-0.2, -0.15) is 0 Å². The zero-order chi connectivity index (χ0) is 18.1. The lowest BCUT2D eigenvalue weighted by molar-refractivity contribution is 0.0264. The molecule has 0 atom stereocenters. The fourth-order valence-electron chi connectivity index (χ4n) is 3.01. The molecule has 0 unspecified atom stereocenters. The number of piperidine rings is 1. The van der Waals surface area contributed by atoms with E-state index in [1.807, 2.05) is 13.0 Å². The molecular weight excluding hydrogens is 465 g/mol. The standard InChI is InChI=1S/C18H29N3O3S.HI/c1-3-24-16-10-13-21(14-11-16)18(19-2)20-12-7-15-25(22,23)17-8-5-4-6-9-17;/h4-6,8-9,16H,3,7,10-15H2,1-2H3,(H,19,20);1H. The van der Waals surface area contributed by atoms with Gasteiger partial charge >= 0.3 is 0 Å². The maximum Gasteiger partial charge on any atom is 0.193 e. The van der Waals surface area contributed by atoms with Crippen LogP contribution >= 0.6 is 24.0 Å². The number of nitrogens with zero attached hydrogens (tertiary/aromatic N) is 2. The second-order valence-electron chi connectivity index (χ2n) is 6.10. The van der Waals surface area contributed by atoms with Crippen LogP contribution in [0.25, 0.3) is 0 Å². The molecule has 0 radical (unpaired) electrons. The second-order valence-corrected chi connectivity index (χ2v) is 8.21. The van der Waals surface area contributed by atoms with Crippen LogP contribution in [0, 0.1) is 0 Å². The van der Waals surface area contributed by atoms with Crippen molar-refractivity contribution in [2.24, 2.45) is 4.99 Å². The Bertz CT molecular complexity index is 645. The molecule has 6 nitrogen and oxygen atoms in total. The van der Waals surface area contributed by atoms with E-state index in [1.165, 1.54) is 0 Å². The fourth-order valence-corrected chi connectivity index (χ4v) is 4.34. The van der Waals surface area contributed by atoms with Gasteiger partial charge in [-0.15, -0.1) is 24.0 Å². The molecule has 1 N–H and O–H groups in total. The Kier molecular flexibility index (Phi) is 10.5. The summed E-state index contributed by atoms with van der Waals surface area (Å²) in [4.78, 5) is 6.91. The van der Waals surface area contributed by atoms with Crippen LogP contribution < -0.4 is 5.32 Å². The van der Waals surface area contributed by atoms with E-state index in [0.717, 1.165) is 38.5 Å². The highest BCUT2D eigenvalue weighted by atomic mass is 127. The Morgan fingerprint density at radius 2 is 1.92 bits per heavy atom. The molecule has 26 heavy (non-hydrogen) atoms. The highest BCUT2D eigenvalue weighted by molar-refractivity contribution is 14.0. The topological polar surface area (TPSA) is 71.0 Å². The van der Waals surface area contributed by atoms with Crippen molar-refractivity contribution in [1.29, 1.82) is 0 Å². The monoisotopic (exact) mass is 495 g/mol. The van der Waals surface area contributed by atoms with E-state index in [4.69, 9.17) is 4.74 Å². The molecule has 1 aliphatic rings. The maximum absolute atomic E-state index is 12.3. The van der Waals surface area contributed by atoms with E-state index >= 15 is 0 Å². The van der Waals surface area contributed by atoms with Gasteiger partial charge in [0, 0.05) is 33.3 Å². The molecule has 1 fully saturated rings. The van der Waals surface area contributed by atoms with Crippen molar-refractivity contribution in [3.8, 4) is 0 Å². The fraction of sp³-hybridized carbons (Fsp3) is 0.611. The lowest BCUT2D eigenvalue weighted by atomic mass is 10.1. The molecule has 0 spiro atoms. The molecule has 0 bridgehead atoms. The molecule has 2 rings (SSSR count). The lowest BCUT2D eigenvalue weighted by Gasteiger charge is -2.34. The smallest absolute Gasteiger partial charge is 0.193 e. The zero-order valence-electron chi connectivity index (χ0n) is 15.6. The number of likely N-dealkylation sites (tertiary alicyclic amines) is 1. The average molecular weight is 495 g/mol. The summed E-state index contributed by atoms with van der Waals surface area (Å²) in [6.07, 6.45) is 2.88. The molecule has 0 aliphatic carbocycles. The minimum absolute atomic E-state index is 0. The molecule has 1 heterocycles. The molecule has 1 aromatic rings. The van der Waals surface area contributed by atoms with Crippen LogP contribution in [0.4, 0.5) is 0 Å². The SMILES string of the molecule is CCOC1CCN(C(=NC)NCCCS(=O)(=O)c2ccccc2)CC1.I. The molecule has 0 saturated carbocycles. The van der Waals surface area contributed by atoms with Crippen LogP contribution in [0.15, 0.2) is 40.2 Å². The second kappa shape index (κ2) is 11.8. The Balaban J connectivity index is 0.00000338. The van der Waals surface area contributed by atoms with E-state index in [-0.39, 0.29) is 29.7 Å². The van der Waals surface area contributed by atoms with Crippen molar-refractivity contribution < 1.29 is 13.2 Å². The molecule has 1 saturated heterocycles. The third-order valence-corrected chi connectivity index (χ3v) is 6.15. The Hall–Kier alpha value is -0.870. The minimum atomic E-state index is -3.21. The summed E-state index contributed by atoms with van der Waals surface area (Å²) in [5.41, 5.74) is 0. The van der Waals surface area contributed by atoms with Crippen LogP contribution in [0.2, 0.25) is 0 Å². The Morgan fingerprint density at radius 3 is 2.50 bits per heavy atom. The molecule has 1 aliphatic heterocycles. The van der Waals surface area contributed by atoms with Gasteiger partial charge in [0.05, 0.1) is 16.8 Å². The highest BCUT2D eigenvalue weighted by Gasteiger charge is 2.21. The van der Waals surface area contributed by atoms with Crippen molar-refractivity contribution in [2.45, 2.75) is 37.2 Å². The van der Waals surface area contributed by atoms with Crippen molar-refractivity contribution in [3.05, 3.63) is 30.3 Å². The molecule has 0 amide bonds. The van der Waals surface area contributed by atoms with Gasteiger partial charge in [-0.3, -0.25) is 4.99 Å². The third-order valence-electron chi connectivity index (χ3n) is 4.33. The predicted octanol–water partition coefficient (Wildman–Crippen LogP) is 2.54. The number of benzene rings is 1. The number of aliphatic imine (C=N–C) groups is 1. The summed E-state index contributed by atoms with van der Waals surface area (Å²) in [5.74, 6) is 0.972. The first-order chi connectivity index (χ1) is 12.1. The maximum atomic E-state index is 12.3. The lowest BCUT2D eigenvalue weighted by Crippen LogP contribution is -2.47. The normalized spacial score (nSPS) is 16.2. The van der Waals surface area contributed by atoms with Gasteiger partial charge in [0.2, 0.25) is 0 Å². The van der Waals surface area contributed by atoms with Gasteiger partial charge < -0.3 is 15.0 Å². The number of nitrogens with one attached hydrogen (secondary N) is 1. The number of hydrogen-bond donors (Lipinski definition) is 1. The number of hydrogen-bond acceptors (Lipinski definition) is 4. The van der Waals surface area contributed by atoms with E-state index in [0.29, 0.717) is 24.0 Å². The van der Waals surface area contributed by atoms with Gasteiger partial charge in [0.15, 0.2) is 15.8 Å². The number of guanidine groups is 1. The van der Waals surface area contributed by atoms with Crippen LogP contribution in [0.1, 0.15) is 26.2 Å². The summed E-state index contributed by atoms with van der Waals surface area (Å²) in [5, 5.41) is 3.28. The molecule has 0 aromatic heterocycles. The first kappa shape index (κ1) is 23.2. The first-order valence-corrected chi connectivity index (χ1v) is 10.6. The van der Waals surface area contributed by atoms with E-state index in [2.05, 4.69) is 15.2 Å². The van der Waals surface area contributed by atoms with E-state index in [1.54, 1.807) is 31.3 Å². The number of sulfone groups is 1. The highest BCUT2D eigenvalue weighted by Crippen LogP contribution is 2.14. The molecule has 148 valence electrons. The van der Waals surface area contributed by atoms with Crippen LogP contribution in [-0.2, 0) is 14.6 Å². The van der Waals surface area contributed by atoms with E-state index in [9.17, 15) is 8.42 Å². The quantitative estimate of drug-likeness (QED) is 0.273. The Labute approximate surface area is 174 Å². The van der Waals surface area contributed by atoms with Crippen molar-refractivity contribution >= 4 is 39.8 Å². The van der Waals surface area contributed by atoms with Crippen molar-refractivity contribution in [1.82, 2.24) is 10.2 Å². The van der Waals surface area contributed by atoms with Crippen LogP contribution in [0.3, 0.4) is 0 Å². The largest absolute Gasteiger partial charge is 0.378 e. The van der Waals surface area contributed by atoms with Crippen molar-refractivity contribution in [3.63, 3.8) is 0 Å². The van der Waals surface area contributed by atoms with Gasteiger partial charge in [-0.25, -0.2) is 8.42 Å². The number of ether oxygens (including phenoxy) is 1. The molecule has 8 heteroatoms. The van der Waals surface area contributed by atoms with Crippen LogP contribution in [-0.4, -0.2) is 64.4 Å². The van der Waals surface area contributed by atoms with Gasteiger partial charge in [-0.1, -0.05) is 18.2 Å². The minimum Gasteiger partial charge on any atom is -0.378 e. The molecular formula is C18H30IN3O3S. The predicted molar refractivity (Wildman–Crippen MR) is 116 cm³/mol. The third kappa shape index (κ3) is 7.03. The van der Waals surface area contributed by atoms with Gasteiger partial charge in [0.25, 0.3) is 0 Å².